The van der Waals surface area contributed by atoms with Gasteiger partial charge in [-0.15, -0.1) is 0 Å². The van der Waals surface area contributed by atoms with Crippen molar-refractivity contribution < 1.29 is 4.39 Å². The maximum Gasteiger partial charge on any atom is 0.131 e. The number of allylic oxidation sites excluding steroid dienone is 4. The van der Waals surface area contributed by atoms with Crippen LogP contribution in [-0.4, -0.2) is 33.3 Å². The van der Waals surface area contributed by atoms with Gasteiger partial charge in [-0.1, -0.05) is 56.2 Å². The van der Waals surface area contributed by atoms with Gasteiger partial charge >= 0.3 is 0 Å². The van der Waals surface area contributed by atoms with E-state index in [0.29, 0.717) is 11.5 Å². The Labute approximate surface area is 252 Å². The van der Waals surface area contributed by atoms with Crippen LogP contribution in [0.1, 0.15) is 48.6 Å². The number of aryl methyl sites for hydroxylation is 1. The Morgan fingerprint density at radius 2 is 1.91 bits per heavy atom. The SMILES string of the molecule is C=C/C=C(/c1ccccc1F)c1cc(-c2n[nH]c(=C/C)/c2=C\C(=C)c2cncc(NC(=C)CC3CCNCC3)c2)[nH]c1C. The number of benzene rings is 1. The highest BCUT2D eigenvalue weighted by atomic mass is 19.1. The van der Waals surface area contributed by atoms with E-state index >= 15 is 0 Å². The second-order valence-electron chi connectivity index (χ2n) is 11.0. The Morgan fingerprint density at radius 1 is 1.12 bits per heavy atom. The molecule has 1 aliphatic rings. The van der Waals surface area contributed by atoms with Gasteiger partial charge < -0.3 is 15.6 Å². The number of aromatic amines is 2. The Morgan fingerprint density at radius 3 is 2.65 bits per heavy atom. The number of aromatic nitrogens is 4. The molecule has 0 radical (unpaired) electrons. The van der Waals surface area contributed by atoms with E-state index in [9.17, 15) is 4.39 Å². The molecule has 6 nitrogen and oxygen atoms in total. The quantitative estimate of drug-likeness (QED) is 0.164. The van der Waals surface area contributed by atoms with E-state index in [1.54, 1.807) is 18.2 Å². The summed E-state index contributed by atoms with van der Waals surface area (Å²) in [5.74, 6) is 0.363. The van der Waals surface area contributed by atoms with Crippen molar-refractivity contribution in [3.05, 3.63) is 125 Å². The highest BCUT2D eigenvalue weighted by Crippen LogP contribution is 2.31. The van der Waals surface area contributed by atoms with E-state index in [-0.39, 0.29) is 5.82 Å². The number of H-pyrrole nitrogens is 2. The fraction of sp³-hybridized carbons (Fsp3) is 0.222. The molecule has 0 spiro atoms. The van der Waals surface area contributed by atoms with Crippen LogP contribution in [0, 0.1) is 18.7 Å². The second-order valence-corrected chi connectivity index (χ2v) is 11.0. The summed E-state index contributed by atoms with van der Waals surface area (Å²) in [4.78, 5) is 7.93. The maximum atomic E-state index is 14.8. The third-order valence-electron chi connectivity index (χ3n) is 7.87. The first-order valence-electron chi connectivity index (χ1n) is 14.7. The standard InChI is InChI=1S/C36H39FN6/c1-6-10-29(30-11-8-9-12-33(30)37)31-20-35(41-25(31)5)36-32(34(7-2)42-43-36)17-23(3)27-19-28(22-39-21-27)40-24(4)18-26-13-15-38-16-14-26/h6-12,17,19-22,26,38,40-42H,1,3-4,13-16,18H2,2,5H3/b29-10-,32-17+,34-7+. The van der Waals surface area contributed by atoms with Crippen molar-refractivity contribution in [2.75, 3.05) is 18.4 Å². The Bertz CT molecular complexity index is 1800. The Kier molecular flexibility index (Phi) is 9.32. The number of hydrogen-bond acceptors (Lipinski definition) is 4. The molecule has 5 rings (SSSR count). The highest BCUT2D eigenvalue weighted by molar-refractivity contribution is 5.89. The molecule has 0 amide bonds. The Hall–Kier alpha value is -4.75. The normalized spacial score (nSPS) is 15.1. The number of anilines is 1. The van der Waals surface area contributed by atoms with Gasteiger partial charge in [-0.25, -0.2) is 4.39 Å². The maximum absolute atomic E-state index is 14.8. The summed E-state index contributed by atoms with van der Waals surface area (Å²) in [5, 5.41) is 16.4. The van der Waals surface area contributed by atoms with Gasteiger partial charge in [0.05, 0.1) is 22.9 Å². The van der Waals surface area contributed by atoms with Crippen LogP contribution >= 0.6 is 0 Å². The zero-order valence-electron chi connectivity index (χ0n) is 24.9. The largest absolute Gasteiger partial charge is 0.358 e. The molecular formula is C36H39FN6. The lowest BCUT2D eigenvalue weighted by Crippen LogP contribution is -2.28. The first-order chi connectivity index (χ1) is 20.9. The summed E-state index contributed by atoms with van der Waals surface area (Å²) in [5.41, 5.74) is 8.17. The van der Waals surface area contributed by atoms with E-state index in [0.717, 1.165) is 80.8 Å². The molecule has 4 N–H and O–H groups in total. The van der Waals surface area contributed by atoms with Gasteiger partial charge in [0.2, 0.25) is 0 Å². The molecule has 0 unspecified atom stereocenters. The van der Waals surface area contributed by atoms with Crippen LogP contribution in [0.2, 0.25) is 0 Å². The molecule has 4 aromatic rings. The average molecular weight is 575 g/mol. The summed E-state index contributed by atoms with van der Waals surface area (Å²) < 4.78 is 14.8. The van der Waals surface area contributed by atoms with Crippen molar-refractivity contribution in [2.24, 2.45) is 5.92 Å². The fourth-order valence-corrected chi connectivity index (χ4v) is 5.65. The van der Waals surface area contributed by atoms with Crippen molar-refractivity contribution in [3.8, 4) is 11.4 Å². The van der Waals surface area contributed by atoms with Crippen LogP contribution < -0.4 is 21.2 Å². The molecule has 1 aliphatic heterocycles. The topological polar surface area (TPSA) is 81.4 Å². The van der Waals surface area contributed by atoms with Gasteiger partial charge in [0, 0.05) is 39.5 Å². The lowest BCUT2D eigenvalue weighted by Gasteiger charge is -2.23. The number of halogens is 1. The van der Waals surface area contributed by atoms with Crippen molar-refractivity contribution in [2.45, 2.75) is 33.1 Å². The number of pyridine rings is 1. The fourth-order valence-electron chi connectivity index (χ4n) is 5.65. The van der Waals surface area contributed by atoms with E-state index in [2.05, 4.69) is 50.5 Å². The number of rotatable bonds is 10. The lowest BCUT2D eigenvalue weighted by atomic mass is 9.93. The number of hydrogen-bond donors (Lipinski definition) is 4. The molecule has 0 bridgehead atoms. The monoisotopic (exact) mass is 574 g/mol. The minimum absolute atomic E-state index is 0.286. The molecular weight excluding hydrogens is 535 g/mol. The van der Waals surface area contributed by atoms with Gasteiger partial charge in [0.15, 0.2) is 0 Å². The van der Waals surface area contributed by atoms with E-state index in [1.165, 1.54) is 18.9 Å². The zero-order valence-corrected chi connectivity index (χ0v) is 24.9. The van der Waals surface area contributed by atoms with Gasteiger partial charge in [-0.3, -0.25) is 10.1 Å². The lowest BCUT2D eigenvalue weighted by molar-refractivity contribution is 0.373. The van der Waals surface area contributed by atoms with Gasteiger partial charge in [0.1, 0.15) is 11.5 Å². The minimum Gasteiger partial charge on any atom is -0.358 e. The Balaban J connectivity index is 1.45. The van der Waals surface area contributed by atoms with Gasteiger partial charge in [-0.2, -0.15) is 5.10 Å². The zero-order chi connectivity index (χ0) is 30.3. The molecule has 0 atom stereocenters. The number of piperidine rings is 1. The van der Waals surface area contributed by atoms with Crippen LogP contribution in [0.25, 0.3) is 34.7 Å². The van der Waals surface area contributed by atoms with E-state index in [1.807, 2.05) is 62.7 Å². The number of nitrogens with one attached hydrogen (secondary N) is 4. The molecule has 7 heteroatoms. The van der Waals surface area contributed by atoms with Crippen molar-refractivity contribution in [1.82, 2.24) is 25.5 Å². The third kappa shape index (κ3) is 6.84. The highest BCUT2D eigenvalue weighted by Gasteiger charge is 2.17. The summed E-state index contributed by atoms with van der Waals surface area (Å²) >= 11 is 0. The van der Waals surface area contributed by atoms with E-state index in [4.69, 9.17) is 0 Å². The van der Waals surface area contributed by atoms with Gasteiger partial charge in [-0.05, 0) is 87.5 Å². The molecule has 1 saturated heterocycles. The average Bonchev–Trinajstić information content (AvgIpc) is 3.59. The number of nitrogens with zero attached hydrogens (tertiary/aromatic N) is 2. The second kappa shape index (κ2) is 13.5. The van der Waals surface area contributed by atoms with Crippen LogP contribution in [-0.2, 0) is 0 Å². The molecule has 4 heterocycles. The van der Waals surface area contributed by atoms with Gasteiger partial charge in [0.25, 0.3) is 0 Å². The third-order valence-corrected chi connectivity index (χ3v) is 7.87. The van der Waals surface area contributed by atoms with Crippen molar-refractivity contribution in [3.63, 3.8) is 0 Å². The molecule has 1 aromatic carbocycles. The molecule has 43 heavy (non-hydrogen) atoms. The smallest absolute Gasteiger partial charge is 0.131 e. The van der Waals surface area contributed by atoms with Crippen molar-refractivity contribution in [1.29, 1.82) is 0 Å². The predicted octanol–water partition coefficient (Wildman–Crippen LogP) is 6.47. The van der Waals surface area contributed by atoms with Crippen molar-refractivity contribution >= 4 is 29.0 Å². The summed E-state index contributed by atoms with van der Waals surface area (Å²) in [6.45, 7) is 18.6. The molecule has 3 aromatic heterocycles. The summed E-state index contributed by atoms with van der Waals surface area (Å²) in [7, 11) is 0. The first-order valence-corrected chi connectivity index (χ1v) is 14.7. The first kappa shape index (κ1) is 29.7. The van der Waals surface area contributed by atoms with Crippen LogP contribution in [0.5, 0.6) is 0 Å². The van der Waals surface area contributed by atoms with E-state index < -0.39 is 0 Å². The molecule has 220 valence electrons. The summed E-state index contributed by atoms with van der Waals surface area (Å²) in [6, 6.07) is 10.8. The van der Waals surface area contributed by atoms with Crippen LogP contribution in [0.15, 0.2) is 86.4 Å². The van der Waals surface area contributed by atoms with Crippen LogP contribution in [0.4, 0.5) is 10.1 Å². The molecule has 1 fully saturated rings. The summed E-state index contributed by atoms with van der Waals surface area (Å²) in [6.07, 6.45) is 14.4. The molecule has 0 aliphatic carbocycles. The predicted molar refractivity (Wildman–Crippen MR) is 177 cm³/mol. The molecule has 0 saturated carbocycles. The minimum atomic E-state index is -0.286. The van der Waals surface area contributed by atoms with Crippen LogP contribution in [0.3, 0.4) is 0 Å².